The summed E-state index contributed by atoms with van der Waals surface area (Å²) in [6.45, 7) is 2.29. The number of halogens is 2. The molecule has 3 rings (SSSR count). The zero-order valence-corrected chi connectivity index (χ0v) is 12.0. The zero-order valence-electron chi connectivity index (χ0n) is 12.0. The smallest absolute Gasteiger partial charge is 0.277 e. The van der Waals surface area contributed by atoms with Crippen LogP contribution in [-0.4, -0.2) is 29.0 Å². The van der Waals surface area contributed by atoms with Crippen LogP contribution in [0.25, 0.3) is 10.9 Å². The van der Waals surface area contributed by atoms with E-state index in [2.05, 4.69) is 9.97 Å². The largest absolute Gasteiger partial charge is 0.310 e. The Kier molecular flexibility index (Phi) is 3.15. The first-order valence-corrected chi connectivity index (χ1v) is 6.89. The van der Waals surface area contributed by atoms with Crippen molar-refractivity contribution in [3.63, 3.8) is 0 Å². The van der Waals surface area contributed by atoms with Gasteiger partial charge in [-0.2, -0.15) is 0 Å². The van der Waals surface area contributed by atoms with Crippen LogP contribution in [0.1, 0.15) is 18.7 Å². The molecule has 7 heteroatoms. The molecule has 0 atom stereocenters. The lowest BCUT2D eigenvalue weighted by Crippen LogP contribution is -2.46. The number of aromatic amines is 1. The molecule has 1 fully saturated rings. The molecule has 1 saturated heterocycles. The second-order valence-electron chi connectivity index (χ2n) is 5.54. The van der Waals surface area contributed by atoms with Gasteiger partial charge in [0.1, 0.15) is 17.5 Å². The van der Waals surface area contributed by atoms with E-state index in [0.29, 0.717) is 16.7 Å². The topological polar surface area (TPSA) is 52.9 Å². The number of nitrogens with one attached hydrogen (secondary N) is 1. The quantitative estimate of drug-likeness (QED) is 0.807. The van der Waals surface area contributed by atoms with Gasteiger partial charge in [0, 0.05) is 18.9 Å². The van der Waals surface area contributed by atoms with Gasteiger partial charge in [-0.05, 0) is 6.92 Å². The minimum absolute atomic E-state index is 0.159. The fourth-order valence-electron chi connectivity index (χ4n) is 2.71. The van der Waals surface area contributed by atoms with Crippen molar-refractivity contribution >= 4 is 16.7 Å². The van der Waals surface area contributed by atoms with Crippen LogP contribution in [0.2, 0.25) is 0 Å². The number of H-pyrrole nitrogens is 1. The first-order valence-electron chi connectivity index (χ1n) is 6.89. The van der Waals surface area contributed by atoms with Crippen molar-refractivity contribution < 1.29 is 13.3 Å². The van der Waals surface area contributed by atoms with E-state index in [1.165, 1.54) is 0 Å². The van der Waals surface area contributed by atoms with Gasteiger partial charge >= 0.3 is 0 Å². The van der Waals surface area contributed by atoms with Crippen molar-refractivity contribution in [2.24, 2.45) is 7.05 Å². The van der Waals surface area contributed by atoms with E-state index in [9.17, 15) is 13.6 Å². The minimum atomic E-state index is -2.58. The van der Waals surface area contributed by atoms with E-state index in [0.717, 1.165) is 5.82 Å². The second-order valence-corrected chi connectivity index (χ2v) is 5.54. The lowest BCUT2D eigenvalue weighted by Gasteiger charge is -2.28. The predicted octanol–water partition coefficient (Wildman–Crippen LogP) is 1.29. The number of aromatic nitrogens is 3. The number of hydrogen-bond donors (Lipinski definition) is 1. The number of aryl methyl sites for hydroxylation is 2. The van der Waals surface area contributed by atoms with E-state index in [1.807, 2.05) is 16.5 Å². The van der Waals surface area contributed by atoms with Gasteiger partial charge in [-0.3, -0.25) is 9.69 Å². The molecule has 0 aromatic carbocycles. The number of nitrogens with zero attached hydrogens (tertiary/aromatic N) is 3. The Labute approximate surface area is 120 Å². The third-order valence-corrected chi connectivity index (χ3v) is 3.87. The monoisotopic (exact) mass is 295 g/mol. The van der Waals surface area contributed by atoms with Crippen LogP contribution in [0, 0.1) is 6.92 Å². The molecule has 1 N–H and O–H groups in total. The average molecular weight is 295 g/mol. The van der Waals surface area contributed by atoms with Crippen LogP contribution in [0.5, 0.6) is 0 Å². The summed E-state index contributed by atoms with van der Waals surface area (Å²) >= 11 is 0. The van der Waals surface area contributed by atoms with Crippen molar-refractivity contribution in [2.45, 2.75) is 25.7 Å². The van der Waals surface area contributed by atoms with Crippen LogP contribution < -0.4 is 15.0 Å². The van der Waals surface area contributed by atoms with Gasteiger partial charge in [0.25, 0.3) is 17.3 Å². The molecular weight excluding hydrogens is 278 g/mol. The molecule has 2 aromatic heterocycles. The molecular formula is C14H17F2N4O+. The molecule has 0 spiro atoms. The summed E-state index contributed by atoms with van der Waals surface area (Å²) in [5, 5.41) is 0.478. The maximum Gasteiger partial charge on any atom is 0.277 e. The standard InChI is InChI=1S/C14H16F2N4O/c1-9-17-11-8-19(2)12(7-10(11)13(21)18-9)20-5-3-14(15,16)4-6-20/h7-8H,3-6H2,1-2H3/p+1. The van der Waals surface area contributed by atoms with Crippen molar-refractivity contribution in [2.75, 3.05) is 18.0 Å². The average Bonchev–Trinajstić information content (AvgIpc) is 2.38. The molecule has 2 aromatic rings. The summed E-state index contributed by atoms with van der Waals surface area (Å²) in [6, 6.07) is 1.73. The SMILES string of the molecule is Cc1nc2c[n+](C)c(N3CCC(F)(F)CC3)cc2c(=O)[nH]1. The maximum atomic E-state index is 13.3. The highest BCUT2D eigenvalue weighted by molar-refractivity contribution is 5.78. The Morgan fingerprint density at radius 2 is 2.05 bits per heavy atom. The molecule has 3 heterocycles. The Hall–Kier alpha value is -2.05. The van der Waals surface area contributed by atoms with Crippen molar-refractivity contribution in [3.05, 3.63) is 28.4 Å². The van der Waals surface area contributed by atoms with Crippen molar-refractivity contribution in [3.8, 4) is 0 Å². The molecule has 112 valence electrons. The normalized spacial score (nSPS) is 18.2. The second kappa shape index (κ2) is 4.75. The summed E-state index contributed by atoms with van der Waals surface area (Å²) < 4.78 is 28.3. The van der Waals surface area contributed by atoms with Gasteiger partial charge < -0.3 is 4.98 Å². The first kappa shape index (κ1) is 13.9. The molecule has 0 unspecified atom stereocenters. The van der Waals surface area contributed by atoms with Gasteiger partial charge in [-0.25, -0.2) is 18.3 Å². The Morgan fingerprint density at radius 1 is 1.38 bits per heavy atom. The van der Waals surface area contributed by atoms with Crippen LogP contribution >= 0.6 is 0 Å². The number of rotatable bonds is 1. The minimum Gasteiger partial charge on any atom is -0.310 e. The highest BCUT2D eigenvalue weighted by atomic mass is 19.3. The number of alkyl halides is 2. The Balaban J connectivity index is 2.04. The molecule has 0 radical (unpaired) electrons. The van der Waals surface area contributed by atoms with Crippen molar-refractivity contribution in [1.29, 1.82) is 0 Å². The van der Waals surface area contributed by atoms with E-state index in [4.69, 9.17) is 0 Å². The number of piperidine rings is 1. The first-order chi connectivity index (χ1) is 9.85. The molecule has 5 nitrogen and oxygen atoms in total. The highest BCUT2D eigenvalue weighted by Gasteiger charge is 2.38. The van der Waals surface area contributed by atoms with Crippen LogP contribution in [0.4, 0.5) is 14.6 Å². The predicted molar refractivity (Wildman–Crippen MR) is 74.7 cm³/mol. The summed E-state index contributed by atoms with van der Waals surface area (Å²) in [7, 11) is 1.83. The summed E-state index contributed by atoms with van der Waals surface area (Å²) in [5.74, 6) is -1.27. The third-order valence-electron chi connectivity index (χ3n) is 3.87. The van der Waals surface area contributed by atoms with Gasteiger partial charge in [-0.15, -0.1) is 0 Å². The lowest BCUT2D eigenvalue weighted by molar-refractivity contribution is -0.657. The van der Waals surface area contributed by atoms with Gasteiger partial charge in [0.15, 0.2) is 0 Å². The van der Waals surface area contributed by atoms with Gasteiger partial charge in [-0.1, -0.05) is 0 Å². The Morgan fingerprint density at radius 3 is 2.71 bits per heavy atom. The third kappa shape index (κ3) is 2.59. The maximum absolute atomic E-state index is 13.3. The fraction of sp³-hybridized carbons (Fsp3) is 0.500. The molecule has 21 heavy (non-hydrogen) atoms. The number of hydrogen-bond acceptors (Lipinski definition) is 3. The molecule has 0 amide bonds. The lowest BCUT2D eigenvalue weighted by atomic mass is 10.1. The molecule has 1 aliphatic rings. The Bertz CT molecular complexity index is 746. The van der Waals surface area contributed by atoms with Crippen LogP contribution in [0.3, 0.4) is 0 Å². The molecule has 0 aliphatic carbocycles. The van der Waals surface area contributed by atoms with Gasteiger partial charge in [0.2, 0.25) is 0 Å². The summed E-state index contributed by atoms with van der Waals surface area (Å²) in [4.78, 5) is 20.8. The number of anilines is 1. The van der Waals surface area contributed by atoms with Crippen LogP contribution in [-0.2, 0) is 7.05 Å². The molecule has 0 saturated carbocycles. The molecule has 0 bridgehead atoms. The van der Waals surface area contributed by atoms with E-state index in [1.54, 1.807) is 19.2 Å². The molecule has 1 aliphatic heterocycles. The summed E-state index contributed by atoms with van der Waals surface area (Å²) in [5.41, 5.74) is 0.395. The fourth-order valence-corrected chi connectivity index (χ4v) is 2.71. The number of pyridine rings is 1. The zero-order chi connectivity index (χ0) is 15.2. The van der Waals surface area contributed by atoms with Crippen LogP contribution in [0.15, 0.2) is 17.1 Å². The van der Waals surface area contributed by atoms with Crippen molar-refractivity contribution in [1.82, 2.24) is 9.97 Å². The number of fused-ring (bicyclic) bond motifs is 1. The highest BCUT2D eigenvalue weighted by Crippen LogP contribution is 2.29. The van der Waals surface area contributed by atoms with Gasteiger partial charge in [0.05, 0.1) is 25.5 Å². The van der Waals surface area contributed by atoms with E-state index < -0.39 is 5.92 Å². The van der Waals surface area contributed by atoms with E-state index in [-0.39, 0.29) is 31.5 Å². The summed E-state index contributed by atoms with van der Waals surface area (Å²) in [6.07, 6.45) is 1.45. The van der Waals surface area contributed by atoms with E-state index >= 15 is 0 Å².